The molecule has 0 radical (unpaired) electrons. The van der Waals surface area contributed by atoms with Gasteiger partial charge in [-0.2, -0.15) is 0 Å². The molecule has 3 aromatic carbocycles. The lowest BCUT2D eigenvalue weighted by atomic mass is 10.1. The van der Waals surface area contributed by atoms with Crippen molar-refractivity contribution in [1.29, 1.82) is 0 Å². The number of fused-ring (bicyclic) bond motifs is 5. The van der Waals surface area contributed by atoms with Crippen LogP contribution in [0.1, 0.15) is 5.69 Å². The van der Waals surface area contributed by atoms with Crippen LogP contribution in [0.15, 0.2) is 103 Å². The summed E-state index contributed by atoms with van der Waals surface area (Å²) >= 11 is 0. The highest BCUT2D eigenvalue weighted by molar-refractivity contribution is 6.03. The Kier molecular flexibility index (Phi) is 4.33. The van der Waals surface area contributed by atoms with Gasteiger partial charge < -0.3 is 0 Å². The van der Waals surface area contributed by atoms with Crippen molar-refractivity contribution < 1.29 is 0 Å². The Hall–Kier alpha value is -4.70. The molecule has 7 aromatic rings. The number of rotatable bonds is 2. The molecule has 0 aliphatic rings. The smallest absolute Gasteiger partial charge is 0.0972 e. The third-order valence-electron chi connectivity index (χ3n) is 6.49. The summed E-state index contributed by atoms with van der Waals surface area (Å²) in [6.45, 7) is 2.01. The first-order chi connectivity index (χ1) is 17.2. The molecule has 0 N–H and O–H groups in total. The Bertz CT molecular complexity index is 1920. The highest BCUT2D eigenvalue weighted by Gasteiger charge is 2.10. The van der Waals surface area contributed by atoms with E-state index in [0.29, 0.717) is 0 Å². The summed E-state index contributed by atoms with van der Waals surface area (Å²) in [6, 6.07) is 35.3. The monoisotopic (exact) mass is 448 g/mol. The van der Waals surface area contributed by atoms with Crippen LogP contribution in [0.3, 0.4) is 0 Å². The molecule has 4 aromatic heterocycles. The molecular weight excluding hydrogens is 428 g/mol. The van der Waals surface area contributed by atoms with E-state index in [4.69, 9.17) is 19.9 Å². The van der Waals surface area contributed by atoms with E-state index in [1.54, 1.807) is 0 Å². The molecule has 0 saturated carbocycles. The molecule has 4 heteroatoms. The molecule has 0 aliphatic carbocycles. The first kappa shape index (κ1) is 19.7. The molecule has 0 bridgehead atoms. The second kappa shape index (κ2) is 7.67. The van der Waals surface area contributed by atoms with Crippen molar-refractivity contribution in [2.45, 2.75) is 6.92 Å². The third kappa shape index (κ3) is 3.39. The van der Waals surface area contributed by atoms with Gasteiger partial charge in [-0.05, 0) is 60.2 Å². The Morgan fingerprint density at radius 1 is 0.400 bits per heavy atom. The maximum atomic E-state index is 4.99. The minimum atomic E-state index is 0.814. The fourth-order valence-corrected chi connectivity index (χ4v) is 4.68. The third-order valence-corrected chi connectivity index (χ3v) is 6.49. The Balaban J connectivity index is 1.35. The highest BCUT2D eigenvalue weighted by Crippen LogP contribution is 2.28. The summed E-state index contributed by atoms with van der Waals surface area (Å²) in [5.41, 5.74) is 7.06. The van der Waals surface area contributed by atoms with E-state index in [0.717, 1.165) is 61.2 Å². The lowest BCUT2D eigenvalue weighted by Crippen LogP contribution is -1.94. The van der Waals surface area contributed by atoms with Gasteiger partial charge in [-0.1, -0.05) is 60.7 Å². The van der Waals surface area contributed by atoms with Gasteiger partial charge in [-0.15, -0.1) is 0 Å². The maximum absolute atomic E-state index is 4.99. The molecule has 0 aliphatic heterocycles. The van der Waals surface area contributed by atoms with E-state index >= 15 is 0 Å². The van der Waals surface area contributed by atoms with Crippen molar-refractivity contribution in [3.8, 4) is 22.8 Å². The maximum Gasteiger partial charge on any atom is 0.0972 e. The van der Waals surface area contributed by atoms with Crippen molar-refractivity contribution in [2.75, 3.05) is 0 Å². The van der Waals surface area contributed by atoms with Crippen LogP contribution in [0.2, 0.25) is 0 Å². The zero-order valence-electron chi connectivity index (χ0n) is 19.1. The number of benzene rings is 3. The van der Waals surface area contributed by atoms with E-state index in [1.165, 1.54) is 10.8 Å². The Morgan fingerprint density at radius 2 is 0.971 bits per heavy atom. The Morgan fingerprint density at radius 3 is 1.74 bits per heavy atom. The van der Waals surface area contributed by atoms with Gasteiger partial charge in [0.15, 0.2) is 0 Å². The molecule has 0 spiro atoms. The number of aryl methyl sites for hydroxylation is 1. The molecule has 0 unspecified atom stereocenters. The minimum Gasteiger partial charge on any atom is -0.251 e. The predicted octanol–water partition coefficient (Wildman–Crippen LogP) is 7.52. The second-order valence-electron chi connectivity index (χ2n) is 8.85. The molecular formula is C31H20N4. The van der Waals surface area contributed by atoms with Gasteiger partial charge in [-0.3, -0.25) is 4.98 Å². The van der Waals surface area contributed by atoms with E-state index in [-0.39, 0.29) is 0 Å². The first-order valence-electron chi connectivity index (χ1n) is 11.7. The van der Waals surface area contributed by atoms with Crippen molar-refractivity contribution in [1.82, 2.24) is 19.9 Å². The number of aromatic nitrogens is 4. The molecule has 35 heavy (non-hydrogen) atoms. The van der Waals surface area contributed by atoms with Crippen molar-refractivity contribution in [3.05, 3.63) is 109 Å². The Labute approximate surface area is 202 Å². The molecule has 0 fully saturated rings. The SMILES string of the molecule is Cc1ccc2ccc3ccc(-c4cccc(-c5ccc6cc7ccccc7cc6n5)n4)nc3c2n1. The number of hydrogen-bond acceptors (Lipinski definition) is 4. The van der Waals surface area contributed by atoms with Crippen LogP contribution >= 0.6 is 0 Å². The van der Waals surface area contributed by atoms with Crippen LogP contribution in [0.5, 0.6) is 0 Å². The molecule has 4 heterocycles. The second-order valence-corrected chi connectivity index (χ2v) is 8.85. The van der Waals surface area contributed by atoms with Gasteiger partial charge in [-0.25, -0.2) is 15.0 Å². The van der Waals surface area contributed by atoms with Crippen LogP contribution in [-0.2, 0) is 0 Å². The van der Waals surface area contributed by atoms with Crippen LogP contribution in [-0.4, -0.2) is 19.9 Å². The summed E-state index contributed by atoms with van der Waals surface area (Å²) in [5, 5.41) is 5.67. The quantitative estimate of drug-likeness (QED) is 0.203. The number of pyridine rings is 4. The average molecular weight is 449 g/mol. The van der Waals surface area contributed by atoms with Crippen LogP contribution < -0.4 is 0 Å². The van der Waals surface area contributed by atoms with Gasteiger partial charge >= 0.3 is 0 Å². The van der Waals surface area contributed by atoms with Crippen LogP contribution in [0.25, 0.3) is 66.3 Å². The normalized spacial score (nSPS) is 11.6. The lowest BCUT2D eigenvalue weighted by Gasteiger charge is -2.08. The number of nitrogens with zero attached hydrogens (tertiary/aromatic N) is 4. The summed E-state index contributed by atoms with van der Waals surface area (Å²) in [6.07, 6.45) is 0. The van der Waals surface area contributed by atoms with E-state index in [9.17, 15) is 0 Å². The zero-order chi connectivity index (χ0) is 23.4. The summed E-state index contributed by atoms with van der Waals surface area (Å²) in [5.74, 6) is 0. The molecule has 7 rings (SSSR count). The zero-order valence-corrected chi connectivity index (χ0v) is 19.1. The van der Waals surface area contributed by atoms with Crippen LogP contribution in [0, 0.1) is 6.92 Å². The van der Waals surface area contributed by atoms with E-state index in [1.807, 2.05) is 43.3 Å². The summed E-state index contributed by atoms with van der Waals surface area (Å²) in [7, 11) is 0. The molecule has 4 nitrogen and oxygen atoms in total. The average Bonchev–Trinajstić information content (AvgIpc) is 2.91. The van der Waals surface area contributed by atoms with E-state index < -0.39 is 0 Å². The molecule has 0 amide bonds. The first-order valence-corrected chi connectivity index (χ1v) is 11.7. The standard InChI is InChI=1S/C31H20N4/c1-19-9-10-20-11-12-21-13-15-28(35-31(21)30(20)32-19)26-8-4-7-25(33-26)27-16-14-24-17-22-5-2-3-6-23(22)18-29(24)34-27/h2-18H,1H3. The largest absolute Gasteiger partial charge is 0.251 e. The fourth-order valence-electron chi connectivity index (χ4n) is 4.68. The summed E-state index contributed by atoms with van der Waals surface area (Å²) in [4.78, 5) is 19.6. The molecule has 0 atom stereocenters. The van der Waals surface area contributed by atoms with Gasteiger partial charge in [0.05, 0.1) is 39.3 Å². The van der Waals surface area contributed by atoms with Crippen molar-refractivity contribution >= 4 is 43.5 Å². The van der Waals surface area contributed by atoms with Gasteiger partial charge in [0.1, 0.15) is 0 Å². The molecule has 0 saturated heterocycles. The van der Waals surface area contributed by atoms with Gasteiger partial charge in [0.25, 0.3) is 0 Å². The topological polar surface area (TPSA) is 51.6 Å². The number of hydrogen-bond donors (Lipinski definition) is 0. The minimum absolute atomic E-state index is 0.814. The van der Waals surface area contributed by atoms with Gasteiger partial charge in [0.2, 0.25) is 0 Å². The molecule has 164 valence electrons. The lowest BCUT2D eigenvalue weighted by molar-refractivity contribution is 1.24. The van der Waals surface area contributed by atoms with Gasteiger partial charge in [0, 0.05) is 21.9 Å². The highest BCUT2D eigenvalue weighted by atomic mass is 14.8. The van der Waals surface area contributed by atoms with Crippen LogP contribution in [0.4, 0.5) is 0 Å². The predicted molar refractivity (Wildman–Crippen MR) is 143 cm³/mol. The summed E-state index contributed by atoms with van der Waals surface area (Å²) < 4.78 is 0. The van der Waals surface area contributed by atoms with E-state index in [2.05, 4.69) is 66.7 Å². The fraction of sp³-hybridized carbons (Fsp3) is 0.0323. The van der Waals surface area contributed by atoms with Crippen molar-refractivity contribution in [2.24, 2.45) is 0 Å². The van der Waals surface area contributed by atoms with Crippen molar-refractivity contribution in [3.63, 3.8) is 0 Å².